The van der Waals surface area contributed by atoms with E-state index in [4.69, 9.17) is 4.74 Å². The molecule has 1 atom stereocenters. The molecule has 1 unspecified atom stereocenters. The van der Waals surface area contributed by atoms with Crippen LogP contribution in [-0.4, -0.2) is 55.8 Å². The second-order valence-electron chi connectivity index (χ2n) is 5.83. The lowest BCUT2D eigenvalue weighted by Crippen LogP contribution is -2.50. The van der Waals surface area contributed by atoms with Gasteiger partial charge < -0.3 is 19.9 Å². The zero-order chi connectivity index (χ0) is 14.7. The summed E-state index contributed by atoms with van der Waals surface area (Å²) in [5, 5.41) is 3.31. The van der Waals surface area contributed by atoms with Crippen LogP contribution >= 0.6 is 0 Å². The van der Waals surface area contributed by atoms with Crippen LogP contribution in [0.3, 0.4) is 0 Å². The molecule has 0 amide bonds. The van der Waals surface area contributed by atoms with Gasteiger partial charge in [-0.05, 0) is 40.0 Å². The summed E-state index contributed by atoms with van der Waals surface area (Å²) >= 11 is 0. The first-order chi connectivity index (χ1) is 9.51. The molecule has 0 aliphatic carbocycles. The normalized spacial score (nSPS) is 20.3. The van der Waals surface area contributed by atoms with Gasteiger partial charge in [-0.2, -0.15) is 4.98 Å². The molecule has 1 aliphatic heterocycles. The van der Waals surface area contributed by atoms with Gasteiger partial charge in [-0.15, -0.1) is 0 Å². The van der Waals surface area contributed by atoms with Gasteiger partial charge in [0.2, 0.25) is 5.88 Å². The van der Waals surface area contributed by atoms with Crippen LogP contribution in [0, 0.1) is 0 Å². The Kier molecular flexibility index (Phi) is 4.70. The maximum atomic E-state index is 5.49. The molecule has 0 radical (unpaired) electrons. The van der Waals surface area contributed by atoms with Crippen molar-refractivity contribution in [1.82, 2.24) is 9.88 Å². The second-order valence-corrected chi connectivity index (χ2v) is 5.83. The van der Waals surface area contributed by atoms with Crippen molar-refractivity contribution >= 4 is 11.5 Å². The van der Waals surface area contributed by atoms with Crippen molar-refractivity contribution in [2.24, 2.45) is 0 Å². The number of hydrogen-bond acceptors (Lipinski definition) is 5. The summed E-state index contributed by atoms with van der Waals surface area (Å²) in [7, 11) is 3.85. The third-order valence-corrected chi connectivity index (χ3v) is 3.61. The minimum Gasteiger partial charge on any atom is -0.479 e. The maximum absolute atomic E-state index is 5.49. The number of methoxy groups -OCH3 is 1. The Balaban J connectivity index is 2.23. The van der Waals surface area contributed by atoms with E-state index in [0.717, 1.165) is 31.1 Å². The topological polar surface area (TPSA) is 40.6 Å². The molecule has 5 heteroatoms. The molecule has 0 bridgehead atoms. The second kappa shape index (κ2) is 6.31. The van der Waals surface area contributed by atoms with E-state index in [1.165, 1.54) is 0 Å². The van der Waals surface area contributed by atoms with Crippen molar-refractivity contribution in [3.8, 4) is 5.88 Å². The van der Waals surface area contributed by atoms with Gasteiger partial charge in [-0.3, -0.25) is 0 Å². The summed E-state index contributed by atoms with van der Waals surface area (Å²) in [5.41, 5.74) is 1.09. The highest BCUT2D eigenvalue weighted by atomic mass is 16.5. The fraction of sp³-hybridized carbons (Fsp3) is 0.667. The average Bonchev–Trinajstić information content (AvgIpc) is 2.38. The van der Waals surface area contributed by atoms with Crippen LogP contribution in [0.15, 0.2) is 12.1 Å². The predicted octanol–water partition coefficient (Wildman–Crippen LogP) is 2.05. The van der Waals surface area contributed by atoms with Gasteiger partial charge in [0.25, 0.3) is 0 Å². The number of rotatable bonds is 4. The van der Waals surface area contributed by atoms with Gasteiger partial charge in [0.15, 0.2) is 0 Å². The van der Waals surface area contributed by atoms with Gasteiger partial charge >= 0.3 is 0 Å². The van der Waals surface area contributed by atoms with Gasteiger partial charge in [0, 0.05) is 31.7 Å². The minimum absolute atomic E-state index is 0.362. The average molecular weight is 278 g/mol. The highest BCUT2D eigenvalue weighted by molar-refractivity contribution is 5.60. The Morgan fingerprint density at radius 3 is 2.70 bits per heavy atom. The van der Waals surface area contributed by atoms with Gasteiger partial charge in [0.05, 0.1) is 7.11 Å². The number of anilines is 2. The molecule has 1 saturated heterocycles. The zero-order valence-electron chi connectivity index (χ0n) is 13.2. The standard InChI is InChI=1S/C15H26N4O/c1-11(2)16-14-7-6-13(15(17-14)20-5)19-9-8-18(4)10-12(19)3/h6-7,11-12H,8-10H2,1-5H3,(H,16,17). The summed E-state index contributed by atoms with van der Waals surface area (Å²) in [6.07, 6.45) is 0. The number of nitrogens with one attached hydrogen (secondary N) is 1. The summed E-state index contributed by atoms with van der Waals surface area (Å²) in [6.45, 7) is 9.59. The molecular weight excluding hydrogens is 252 g/mol. The summed E-state index contributed by atoms with van der Waals surface area (Å²) in [4.78, 5) is 9.31. The smallest absolute Gasteiger partial charge is 0.239 e. The number of hydrogen-bond donors (Lipinski definition) is 1. The lowest BCUT2D eigenvalue weighted by molar-refractivity contribution is 0.273. The predicted molar refractivity (Wildman–Crippen MR) is 83.9 cm³/mol. The molecule has 0 saturated carbocycles. The largest absolute Gasteiger partial charge is 0.479 e. The fourth-order valence-corrected chi connectivity index (χ4v) is 2.68. The molecule has 2 heterocycles. The zero-order valence-corrected chi connectivity index (χ0v) is 13.2. The van der Waals surface area contributed by atoms with Crippen molar-refractivity contribution in [1.29, 1.82) is 0 Å². The van der Waals surface area contributed by atoms with Gasteiger partial charge in [-0.25, -0.2) is 0 Å². The number of nitrogens with zero attached hydrogens (tertiary/aromatic N) is 3. The summed E-state index contributed by atoms with van der Waals surface area (Å²) < 4.78 is 5.49. The molecule has 5 nitrogen and oxygen atoms in total. The molecule has 1 N–H and O–H groups in total. The van der Waals surface area contributed by atoms with E-state index in [0.29, 0.717) is 18.0 Å². The third kappa shape index (κ3) is 3.33. The van der Waals surface area contributed by atoms with Crippen molar-refractivity contribution in [3.63, 3.8) is 0 Å². The van der Waals surface area contributed by atoms with E-state index in [9.17, 15) is 0 Å². The first-order valence-electron chi connectivity index (χ1n) is 7.28. The molecule has 20 heavy (non-hydrogen) atoms. The number of piperazine rings is 1. The van der Waals surface area contributed by atoms with E-state index in [1.807, 2.05) is 6.07 Å². The first-order valence-corrected chi connectivity index (χ1v) is 7.28. The summed E-state index contributed by atoms with van der Waals surface area (Å²) in [5.74, 6) is 1.56. The van der Waals surface area contributed by atoms with Crippen LogP contribution in [0.2, 0.25) is 0 Å². The Bertz CT molecular complexity index is 449. The molecule has 1 aliphatic rings. The van der Waals surface area contributed by atoms with Crippen molar-refractivity contribution in [3.05, 3.63) is 12.1 Å². The number of pyridine rings is 1. The van der Waals surface area contributed by atoms with Crippen LogP contribution in [0.4, 0.5) is 11.5 Å². The fourth-order valence-electron chi connectivity index (χ4n) is 2.68. The highest BCUT2D eigenvalue weighted by Gasteiger charge is 2.24. The van der Waals surface area contributed by atoms with Crippen LogP contribution in [-0.2, 0) is 0 Å². The van der Waals surface area contributed by atoms with Crippen LogP contribution in [0.25, 0.3) is 0 Å². The minimum atomic E-state index is 0.362. The molecule has 2 rings (SSSR count). The highest BCUT2D eigenvalue weighted by Crippen LogP contribution is 2.30. The molecule has 0 spiro atoms. The Labute approximate surface area is 121 Å². The summed E-state index contributed by atoms with van der Waals surface area (Å²) in [6, 6.07) is 4.97. The first kappa shape index (κ1) is 14.9. The van der Waals surface area contributed by atoms with Crippen LogP contribution in [0.5, 0.6) is 5.88 Å². The third-order valence-electron chi connectivity index (χ3n) is 3.61. The quantitative estimate of drug-likeness (QED) is 0.913. The van der Waals surface area contributed by atoms with Crippen molar-refractivity contribution in [2.75, 3.05) is 44.0 Å². The molecule has 1 aromatic rings. The Morgan fingerprint density at radius 2 is 2.10 bits per heavy atom. The molecule has 1 fully saturated rings. The molecule has 1 aromatic heterocycles. The monoisotopic (exact) mass is 278 g/mol. The lowest BCUT2D eigenvalue weighted by atomic mass is 10.1. The molecular formula is C15H26N4O. The maximum Gasteiger partial charge on any atom is 0.239 e. The van der Waals surface area contributed by atoms with Crippen molar-refractivity contribution in [2.45, 2.75) is 32.9 Å². The van der Waals surface area contributed by atoms with Gasteiger partial charge in [-0.1, -0.05) is 0 Å². The van der Waals surface area contributed by atoms with Crippen LogP contribution < -0.4 is 15.0 Å². The van der Waals surface area contributed by atoms with Crippen LogP contribution in [0.1, 0.15) is 20.8 Å². The Hall–Kier alpha value is -1.49. The van der Waals surface area contributed by atoms with E-state index in [1.54, 1.807) is 7.11 Å². The number of ether oxygens (including phenoxy) is 1. The van der Waals surface area contributed by atoms with Crippen molar-refractivity contribution < 1.29 is 4.74 Å². The van der Waals surface area contributed by atoms with Gasteiger partial charge in [0.1, 0.15) is 11.5 Å². The SMILES string of the molecule is COc1nc(NC(C)C)ccc1N1CCN(C)CC1C. The number of aromatic nitrogens is 1. The molecule has 112 valence electrons. The lowest BCUT2D eigenvalue weighted by Gasteiger charge is -2.40. The Morgan fingerprint density at radius 1 is 1.35 bits per heavy atom. The van der Waals surface area contributed by atoms with E-state index < -0.39 is 0 Å². The van der Waals surface area contributed by atoms with E-state index in [-0.39, 0.29) is 0 Å². The number of likely N-dealkylation sites (N-methyl/N-ethyl adjacent to an activating group) is 1. The van der Waals surface area contributed by atoms with E-state index >= 15 is 0 Å². The van der Waals surface area contributed by atoms with E-state index in [2.05, 4.69) is 54.0 Å². The molecule has 0 aromatic carbocycles.